The highest BCUT2D eigenvalue weighted by molar-refractivity contribution is 5.44. The van der Waals surface area contributed by atoms with Gasteiger partial charge in [0.25, 0.3) is 0 Å². The van der Waals surface area contributed by atoms with Crippen LogP contribution in [0.2, 0.25) is 0 Å². The summed E-state index contributed by atoms with van der Waals surface area (Å²) in [7, 11) is 4.13. The molecule has 1 unspecified atom stereocenters. The minimum atomic E-state index is -0.296. The maximum atomic E-state index is 9.79. The molecule has 0 aliphatic heterocycles. The van der Waals surface area contributed by atoms with Crippen LogP contribution in [0.25, 0.3) is 0 Å². The van der Waals surface area contributed by atoms with Gasteiger partial charge in [0.1, 0.15) is 5.75 Å². The number of aliphatic hydroxyl groups is 1. The van der Waals surface area contributed by atoms with E-state index in [-0.39, 0.29) is 6.10 Å². The normalized spacial score (nSPS) is 18.5. The quantitative estimate of drug-likeness (QED) is 0.792. The number of nitrogens with zero attached hydrogens (tertiary/aromatic N) is 1. The highest BCUT2D eigenvalue weighted by atomic mass is 16.5. The van der Waals surface area contributed by atoms with Crippen molar-refractivity contribution in [3.8, 4) is 5.75 Å². The summed E-state index contributed by atoms with van der Waals surface area (Å²) in [6, 6.07) is 5.97. The summed E-state index contributed by atoms with van der Waals surface area (Å²) < 4.78 is 5.81. The Hall–Kier alpha value is -1.06. The molecule has 0 fully saturated rings. The fourth-order valence-electron chi connectivity index (χ4n) is 2.30. The van der Waals surface area contributed by atoms with Gasteiger partial charge in [-0.15, -0.1) is 0 Å². The van der Waals surface area contributed by atoms with Crippen molar-refractivity contribution in [3.63, 3.8) is 0 Å². The number of ether oxygens (including phenoxy) is 1. The molecule has 1 N–H and O–H groups in total. The Balaban J connectivity index is 1.93. The Kier molecular flexibility index (Phi) is 4.02. The maximum Gasteiger partial charge on any atom is 0.122 e. The highest BCUT2D eigenvalue weighted by Gasteiger charge is 2.22. The third kappa shape index (κ3) is 2.99. The Morgan fingerprint density at radius 1 is 1.41 bits per heavy atom. The summed E-state index contributed by atoms with van der Waals surface area (Å²) in [5.41, 5.74) is 2.25. The van der Waals surface area contributed by atoms with Gasteiger partial charge in [-0.1, -0.05) is 12.1 Å². The molecule has 94 valence electrons. The molecule has 0 aromatic heterocycles. The van der Waals surface area contributed by atoms with Crippen molar-refractivity contribution in [3.05, 3.63) is 29.3 Å². The van der Waals surface area contributed by atoms with Crippen LogP contribution in [0.5, 0.6) is 5.75 Å². The molecule has 1 atom stereocenters. The van der Waals surface area contributed by atoms with E-state index >= 15 is 0 Å². The SMILES string of the molecule is CN(C)CCCOc1cccc2c1CCC2O. The topological polar surface area (TPSA) is 32.7 Å². The molecular formula is C14H21NO2. The Bertz CT molecular complexity index is 376. The van der Waals surface area contributed by atoms with E-state index < -0.39 is 0 Å². The zero-order valence-corrected chi connectivity index (χ0v) is 10.6. The molecule has 1 aliphatic carbocycles. The van der Waals surface area contributed by atoms with Crippen LogP contribution in [-0.4, -0.2) is 37.3 Å². The summed E-state index contributed by atoms with van der Waals surface area (Å²) in [6.45, 7) is 1.78. The summed E-state index contributed by atoms with van der Waals surface area (Å²) in [4.78, 5) is 2.16. The number of aliphatic hydroxyl groups excluding tert-OH is 1. The van der Waals surface area contributed by atoms with Gasteiger partial charge < -0.3 is 14.7 Å². The van der Waals surface area contributed by atoms with E-state index in [4.69, 9.17) is 4.74 Å². The zero-order valence-electron chi connectivity index (χ0n) is 10.6. The second-order valence-corrected chi connectivity index (χ2v) is 4.88. The van der Waals surface area contributed by atoms with Crippen LogP contribution in [-0.2, 0) is 6.42 Å². The maximum absolute atomic E-state index is 9.79. The van der Waals surface area contributed by atoms with Crippen LogP contribution in [0.4, 0.5) is 0 Å². The lowest BCUT2D eigenvalue weighted by Gasteiger charge is -2.13. The third-order valence-electron chi connectivity index (χ3n) is 3.20. The third-order valence-corrected chi connectivity index (χ3v) is 3.20. The first-order chi connectivity index (χ1) is 8.18. The second-order valence-electron chi connectivity index (χ2n) is 4.88. The standard InChI is InChI=1S/C14H21NO2/c1-15(2)9-4-10-17-14-6-3-5-11-12(14)7-8-13(11)16/h3,5-6,13,16H,4,7-10H2,1-2H3. The van der Waals surface area contributed by atoms with Crippen LogP contribution in [0.3, 0.4) is 0 Å². The van der Waals surface area contributed by atoms with Gasteiger partial charge in [-0.2, -0.15) is 0 Å². The van der Waals surface area contributed by atoms with Crippen LogP contribution >= 0.6 is 0 Å². The van der Waals surface area contributed by atoms with Crippen molar-refractivity contribution < 1.29 is 9.84 Å². The van der Waals surface area contributed by atoms with Crippen molar-refractivity contribution in [1.82, 2.24) is 4.90 Å². The molecule has 2 rings (SSSR count). The van der Waals surface area contributed by atoms with Crippen LogP contribution in [0, 0.1) is 0 Å². The Morgan fingerprint density at radius 2 is 2.24 bits per heavy atom. The van der Waals surface area contributed by atoms with E-state index in [2.05, 4.69) is 19.0 Å². The molecule has 0 heterocycles. The molecule has 0 radical (unpaired) electrons. The summed E-state index contributed by atoms with van der Waals surface area (Å²) in [6.07, 6.45) is 2.49. The molecule has 17 heavy (non-hydrogen) atoms. The first-order valence-electron chi connectivity index (χ1n) is 6.26. The van der Waals surface area contributed by atoms with Crippen molar-refractivity contribution in [2.75, 3.05) is 27.2 Å². The molecular weight excluding hydrogens is 214 g/mol. The minimum Gasteiger partial charge on any atom is -0.493 e. The van der Waals surface area contributed by atoms with E-state index in [0.717, 1.165) is 43.7 Å². The number of hydrogen-bond acceptors (Lipinski definition) is 3. The lowest BCUT2D eigenvalue weighted by atomic mass is 10.1. The van der Waals surface area contributed by atoms with Crippen LogP contribution < -0.4 is 4.74 Å². The van der Waals surface area contributed by atoms with E-state index in [1.807, 2.05) is 18.2 Å². The van der Waals surface area contributed by atoms with Gasteiger partial charge >= 0.3 is 0 Å². The Morgan fingerprint density at radius 3 is 3.00 bits per heavy atom. The smallest absolute Gasteiger partial charge is 0.122 e. The number of benzene rings is 1. The van der Waals surface area contributed by atoms with Gasteiger partial charge in [-0.25, -0.2) is 0 Å². The van der Waals surface area contributed by atoms with Gasteiger partial charge in [0.2, 0.25) is 0 Å². The van der Waals surface area contributed by atoms with E-state index in [1.165, 1.54) is 5.56 Å². The van der Waals surface area contributed by atoms with Gasteiger partial charge in [0.15, 0.2) is 0 Å². The highest BCUT2D eigenvalue weighted by Crippen LogP contribution is 2.36. The average Bonchev–Trinajstić information content (AvgIpc) is 2.67. The van der Waals surface area contributed by atoms with Crippen molar-refractivity contribution >= 4 is 0 Å². The second kappa shape index (κ2) is 5.52. The fourth-order valence-corrected chi connectivity index (χ4v) is 2.30. The van der Waals surface area contributed by atoms with Gasteiger partial charge in [0, 0.05) is 12.1 Å². The van der Waals surface area contributed by atoms with Crippen molar-refractivity contribution in [2.24, 2.45) is 0 Å². The van der Waals surface area contributed by atoms with E-state index in [1.54, 1.807) is 0 Å². The molecule has 0 saturated heterocycles. The van der Waals surface area contributed by atoms with Gasteiger partial charge in [0.05, 0.1) is 12.7 Å². The molecule has 1 aliphatic rings. The molecule has 1 aromatic carbocycles. The number of hydrogen-bond donors (Lipinski definition) is 1. The van der Waals surface area contributed by atoms with E-state index in [0.29, 0.717) is 0 Å². The largest absolute Gasteiger partial charge is 0.493 e. The van der Waals surface area contributed by atoms with Crippen molar-refractivity contribution in [1.29, 1.82) is 0 Å². The average molecular weight is 235 g/mol. The number of rotatable bonds is 5. The van der Waals surface area contributed by atoms with Crippen LogP contribution in [0.15, 0.2) is 18.2 Å². The first kappa shape index (κ1) is 12.4. The van der Waals surface area contributed by atoms with Crippen molar-refractivity contribution in [2.45, 2.75) is 25.4 Å². The predicted octanol–water partition coefficient (Wildman–Crippen LogP) is 2.00. The monoisotopic (exact) mass is 235 g/mol. The first-order valence-corrected chi connectivity index (χ1v) is 6.26. The fraction of sp³-hybridized carbons (Fsp3) is 0.571. The number of fused-ring (bicyclic) bond motifs is 1. The molecule has 1 aromatic rings. The lowest BCUT2D eigenvalue weighted by molar-refractivity contribution is 0.180. The Labute approximate surface area is 103 Å². The summed E-state index contributed by atoms with van der Waals surface area (Å²) in [5.74, 6) is 0.956. The zero-order chi connectivity index (χ0) is 12.3. The molecule has 0 saturated carbocycles. The molecule has 3 nitrogen and oxygen atoms in total. The predicted molar refractivity (Wildman–Crippen MR) is 68.4 cm³/mol. The van der Waals surface area contributed by atoms with E-state index in [9.17, 15) is 5.11 Å². The van der Waals surface area contributed by atoms with Gasteiger partial charge in [-0.3, -0.25) is 0 Å². The van der Waals surface area contributed by atoms with Crippen LogP contribution in [0.1, 0.15) is 30.1 Å². The summed E-state index contributed by atoms with van der Waals surface area (Å²) in [5, 5.41) is 9.79. The molecule has 0 amide bonds. The molecule has 3 heteroatoms. The molecule has 0 bridgehead atoms. The summed E-state index contributed by atoms with van der Waals surface area (Å²) >= 11 is 0. The minimum absolute atomic E-state index is 0.296. The molecule has 0 spiro atoms. The van der Waals surface area contributed by atoms with Gasteiger partial charge in [-0.05, 0) is 45.0 Å². The lowest BCUT2D eigenvalue weighted by Crippen LogP contribution is -2.15.